The summed E-state index contributed by atoms with van der Waals surface area (Å²) in [5.74, 6) is -0.648. The van der Waals surface area contributed by atoms with Crippen LogP contribution in [0.5, 0.6) is 0 Å². The SMILES string of the molecule is CCCCNC(=O)[C@@H](Cc1ccccc1)N(Cc1cccc(C)c1)C(=O)CN1C(=O)c2cccc3cccc1c23. The molecule has 0 bridgehead atoms. The molecule has 1 aliphatic heterocycles. The molecule has 5 rings (SSSR count). The van der Waals surface area contributed by atoms with Gasteiger partial charge in [-0.15, -0.1) is 0 Å². The molecule has 6 heteroatoms. The molecule has 0 saturated carbocycles. The number of carbonyl (C=O) groups is 3. The third-order valence-corrected chi connectivity index (χ3v) is 7.48. The van der Waals surface area contributed by atoms with Crippen molar-refractivity contribution < 1.29 is 14.4 Å². The average Bonchev–Trinajstić information content (AvgIpc) is 3.23. The van der Waals surface area contributed by atoms with Crippen molar-refractivity contribution in [3.63, 3.8) is 0 Å². The highest BCUT2D eigenvalue weighted by Crippen LogP contribution is 2.37. The molecule has 0 saturated heterocycles. The first-order valence-corrected chi connectivity index (χ1v) is 14.0. The summed E-state index contributed by atoms with van der Waals surface area (Å²) in [4.78, 5) is 44.6. The van der Waals surface area contributed by atoms with Crippen molar-refractivity contribution in [1.82, 2.24) is 10.2 Å². The van der Waals surface area contributed by atoms with Crippen molar-refractivity contribution >= 4 is 34.2 Å². The summed E-state index contributed by atoms with van der Waals surface area (Å²) in [6, 6.07) is 28.4. The lowest BCUT2D eigenvalue weighted by molar-refractivity contribution is -0.140. The van der Waals surface area contributed by atoms with E-state index in [1.807, 2.05) is 97.9 Å². The fourth-order valence-electron chi connectivity index (χ4n) is 5.43. The number of anilines is 1. The molecule has 0 spiro atoms. The number of hydrogen-bond donors (Lipinski definition) is 1. The van der Waals surface area contributed by atoms with E-state index in [0.717, 1.165) is 46.0 Å². The Balaban J connectivity index is 1.49. The van der Waals surface area contributed by atoms with Crippen molar-refractivity contribution in [3.05, 3.63) is 113 Å². The predicted molar refractivity (Wildman–Crippen MR) is 159 cm³/mol. The van der Waals surface area contributed by atoms with Gasteiger partial charge in [0.05, 0.1) is 5.69 Å². The lowest BCUT2D eigenvalue weighted by Gasteiger charge is -2.33. The molecule has 0 aliphatic carbocycles. The molecule has 0 radical (unpaired) electrons. The molecule has 1 atom stereocenters. The average molecular weight is 534 g/mol. The van der Waals surface area contributed by atoms with Gasteiger partial charge in [0.2, 0.25) is 11.8 Å². The van der Waals surface area contributed by atoms with Gasteiger partial charge in [-0.2, -0.15) is 0 Å². The van der Waals surface area contributed by atoms with Crippen LogP contribution in [0.15, 0.2) is 91.0 Å². The van der Waals surface area contributed by atoms with E-state index >= 15 is 0 Å². The highest BCUT2D eigenvalue weighted by Gasteiger charge is 2.35. The second kappa shape index (κ2) is 12.2. The van der Waals surface area contributed by atoms with Gasteiger partial charge >= 0.3 is 0 Å². The van der Waals surface area contributed by atoms with E-state index in [1.165, 1.54) is 0 Å². The lowest BCUT2D eigenvalue weighted by atomic mass is 10.0. The number of nitrogens with zero attached hydrogens (tertiary/aromatic N) is 2. The van der Waals surface area contributed by atoms with E-state index in [2.05, 4.69) is 12.2 Å². The first kappa shape index (κ1) is 27.1. The summed E-state index contributed by atoms with van der Waals surface area (Å²) in [5.41, 5.74) is 4.31. The van der Waals surface area contributed by atoms with Gasteiger partial charge in [0.25, 0.3) is 5.91 Å². The Labute approximate surface area is 235 Å². The van der Waals surface area contributed by atoms with Crippen molar-refractivity contribution in [3.8, 4) is 0 Å². The highest BCUT2D eigenvalue weighted by atomic mass is 16.2. The number of amides is 3. The summed E-state index contributed by atoms with van der Waals surface area (Å²) in [7, 11) is 0. The second-order valence-corrected chi connectivity index (χ2v) is 10.4. The Bertz CT molecular complexity index is 1530. The summed E-state index contributed by atoms with van der Waals surface area (Å²) < 4.78 is 0. The number of hydrogen-bond acceptors (Lipinski definition) is 3. The normalized spacial score (nSPS) is 12.9. The van der Waals surface area contributed by atoms with Gasteiger partial charge in [-0.05, 0) is 42.0 Å². The van der Waals surface area contributed by atoms with Crippen molar-refractivity contribution in [2.24, 2.45) is 0 Å². The van der Waals surface area contributed by atoms with E-state index in [1.54, 1.807) is 9.80 Å². The molecule has 1 N–H and O–H groups in total. The molecule has 3 amide bonds. The minimum atomic E-state index is -0.733. The number of unbranched alkanes of at least 4 members (excludes halogenated alkanes) is 1. The molecule has 40 heavy (non-hydrogen) atoms. The fourth-order valence-corrected chi connectivity index (χ4v) is 5.43. The molecule has 4 aromatic rings. The molecule has 6 nitrogen and oxygen atoms in total. The molecule has 1 heterocycles. The second-order valence-electron chi connectivity index (χ2n) is 10.4. The highest BCUT2D eigenvalue weighted by molar-refractivity contribution is 6.26. The number of nitrogens with one attached hydrogen (secondary N) is 1. The van der Waals surface area contributed by atoms with Crippen molar-refractivity contribution in [1.29, 1.82) is 0 Å². The Morgan fingerprint density at radius 3 is 2.38 bits per heavy atom. The zero-order chi connectivity index (χ0) is 28.1. The molecular weight excluding hydrogens is 498 g/mol. The summed E-state index contributed by atoms with van der Waals surface area (Å²) >= 11 is 0. The molecule has 0 unspecified atom stereocenters. The third-order valence-electron chi connectivity index (χ3n) is 7.48. The zero-order valence-corrected chi connectivity index (χ0v) is 23.1. The number of aryl methyl sites for hydroxylation is 1. The predicted octanol–water partition coefficient (Wildman–Crippen LogP) is 5.66. The van der Waals surface area contributed by atoms with Crippen LogP contribution in [0, 0.1) is 6.92 Å². The number of carbonyl (C=O) groups excluding carboxylic acids is 3. The molecule has 1 aliphatic rings. The smallest absolute Gasteiger partial charge is 0.259 e. The first-order valence-electron chi connectivity index (χ1n) is 14.0. The van der Waals surface area contributed by atoms with Gasteiger partial charge in [0, 0.05) is 30.5 Å². The monoisotopic (exact) mass is 533 g/mol. The van der Waals surface area contributed by atoms with Gasteiger partial charge in [-0.1, -0.05) is 97.8 Å². The fraction of sp³-hybridized carbons (Fsp3) is 0.265. The Hall–Kier alpha value is -4.45. The minimum absolute atomic E-state index is 0.147. The van der Waals surface area contributed by atoms with E-state index in [4.69, 9.17) is 0 Å². The van der Waals surface area contributed by atoms with Crippen LogP contribution in [-0.2, 0) is 22.6 Å². The zero-order valence-electron chi connectivity index (χ0n) is 23.1. The first-order chi connectivity index (χ1) is 19.5. The van der Waals surface area contributed by atoms with Gasteiger partial charge in [-0.25, -0.2) is 0 Å². The molecule has 0 fully saturated rings. The van der Waals surface area contributed by atoms with Gasteiger partial charge < -0.3 is 10.2 Å². The van der Waals surface area contributed by atoms with Gasteiger partial charge in [0.15, 0.2) is 0 Å². The van der Waals surface area contributed by atoms with Crippen LogP contribution < -0.4 is 10.2 Å². The quantitative estimate of drug-likeness (QED) is 0.253. The summed E-state index contributed by atoms with van der Waals surface area (Å²) in [5, 5.41) is 4.89. The van der Waals surface area contributed by atoms with E-state index in [-0.39, 0.29) is 30.8 Å². The molecule has 0 aromatic heterocycles. The van der Waals surface area contributed by atoms with Crippen molar-refractivity contribution in [2.75, 3.05) is 18.0 Å². The summed E-state index contributed by atoms with van der Waals surface area (Å²) in [6.07, 6.45) is 2.19. The Morgan fingerprint density at radius 1 is 0.900 bits per heavy atom. The maximum absolute atomic E-state index is 14.2. The van der Waals surface area contributed by atoms with E-state index < -0.39 is 6.04 Å². The standard InChI is InChI=1S/C34H35N3O3/c1-3-4-19-35-33(39)30(21-25-12-6-5-7-13-25)36(22-26-14-8-11-24(2)20-26)31(38)23-37-29-18-10-16-27-15-9-17-28(32(27)29)34(37)40/h5-18,20,30H,3-4,19,21-23H2,1-2H3,(H,35,39)/t30-/m1/s1. The van der Waals surface area contributed by atoms with Gasteiger partial charge in [0.1, 0.15) is 12.6 Å². The molecular formula is C34H35N3O3. The Morgan fingerprint density at radius 2 is 1.62 bits per heavy atom. The third kappa shape index (κ3) is 5.76. The Kier molecular flexibility index (Phi) is 8.25. The minimum Gasteiger partial charge on any atom is -0.354 e. The van der Waals surface area contributed by atoms with Crippen LogP contribution in [0.2, 0.25) is 0 Å². The maximum atomic E-state index is 14.2. The van der Waals surface area contributed by atoms with Gasteiger partial charge in [-0.3, -0.25) is 19.3 Å². The lowest BCUT2D eigenvalue weighted by Crippen LogP contribution is -2.53. The van der Waals surface area contributed by atoms with Crippen LogP contribution in [0.1, 0.15) is 46.8 Å². The van der Waals surface area contributed by atoms with Crippen LogP contribution in [0.3, 0.4) is 0 Å². The van der Waals surface area contributed by atoms with Crippen LogP contribution >= 0.6 is 0 Å². The maximum Gasteiger partial charge on any atom is 0.259 e. The van der Waals surface area contributed by atoms with Crippen molar-refractivity contribution in [2.45, 2.75) is 45.7 Å². The van der Waals surface area contributed by atoms with Crippen LogP contribution in [-0.4, -0.2) is 41.8 Å². The largest absolute Gasteiger partial charge is 0.354 e. The number of benzene rings is 4. The van der Waals surface area contributed by atoms with E-state index in [9.17, 15) is 14.4 Å². The molecule has 4 aromatic carbocycles. The topological polar surface area (TPSA) is 69.7 Å². The summed E-state index contributed by atoms with van der Waals surface area (Å²) in [6.45, 7) is 4.75. The van der Waals surface area contributed by atoms with Crippen LogP contribution in [0.4, 0.5) is 5.69 Å². The molecule has 204 valence electrons. The van der Waals surface area contributed by atoms with E-state index in [0.29, 0.717) is 18.5 Å². The number of rotatable bonds is 11. The van der Waals surface area contributed by atoms with Crippen LogP contribution in [0.25, 0.3) is 10.8 Å².